The molecule has 172 valence electrons. The summed E-state index contributed by atoms with van der Waals surface area (Å²) in [5, 5.41) is 0. The monoisotopic (exact) mass is 446 g/mol. The summed E-state index contributed by atoms with van der Waals surface area (Å²) in [5.74, 6) is 1.04. The second-order valence-electron chi connectivity index (χ2n) is 9.14. The standard InChI is InChI=1S/C27H30N2O4/c1-32-22-10-8-19(9-11-22)18-29-23(24(33-2)25(29)30)20-12-16-28(17-13-20)26(31)27(14-15-27)21-6-4-3-5-7-21/h3-12,23-24H,13-18H2,1-2H3. The van der Waals surface area contributed by atoms with Crippen LogP contribution < -0.4 is 4.74 Å². The van der Waals surface area contributed by atoms with Crippen molar-refractivity contribution in [1.29, 1.82) is 0 Å². The molecular formula is C27H30N2O4. The largest absolute Gasteiger partial charge is 0.497 e. The molecular weight excluding hydrogens is 416 g/mol. The van der Waals surface area contributed by atoms with Crippen LogP contribution in [0.4, 0.5) is 0 Å². The van der Waals surface area contributed by atoms with Crippen molar-refractivity contribution in [2.75, 3.05) is 27.3 Å². The molecule has 2 atom stereocenters. The number of methoxy groups -OCH3 is 2. The Morgan fingerprint density at radius 1 is 1.06 bits per heavy atom. The molecule has 6 heteroatoms. The Labute approximate surface area is 194 Å². The molecule has 2 fully saturated rings. The minimum absolute atomic E-state index is 0.0127. The molecule has 1 saturated carbocycles. The van der Waals surface area contributed by atoms with Crippen LogP contribution in [0.5, 0.6) is 5.75 Å². The Hall–Kier alpha value is -3.12. The molecule has 1 aliphatic carbocycles. The first-order valence-electron chi connectivity index (χ1n) is 11.6. The average Bonchev–Trinajstić information content (AvgIpc) is 3.68. The first-order valence-corrected chi connectivity index (χ1v) is 11.6. The summed E-state index contributed by atoms with van der Waals surface area (Å²) in [7, 11) is 3.23. The van der Waals surface area contributed by atoms with Crippen LogP contribution in [0.25, 0.3) is 0 Å². The zero-order chi connectivity index (χ0) is 23.0. The summed E-state index contributed by atoms with van der Waals surface area (Å²) in [6.07, 6.45) is 4.28. The molecule has 5 rings (SSSR count). The fourth-order valence-corrected chi connectivity index (χ4v) is 5.19. The van der Waals surface area contributed by atoms with Gasteiger partial charge in [-0.3, -0.25) is 9.59 Å². The average molecular weight is 447 g/mol. The van der Waals surface area contributed by atoms with Crippen molar-refractivity contribution in [1.82, 2.24) is 9.80 Å². The van der Waals surface area contributed by atoms with Crippen LogP contribution in [0, 0.1) is 0 Å². The lowest BCUT2D eigenvalue weighted by Gasteiger charge is -2.48. The third kappa shape index (κ3) is 3.82. The highest BCUT2D eigenvalue weighted by Crippen LogP contribution is 2.50. The quantitative estimate of drug-likeness (QED) is 0.484. The van der Waals surface area contributed by atoms with E-state index in [-0.39, 0.29) is 23.3 Å². The van der Waals surface area contributed by atoms with E-state index in [0.29, 0.717) is 19.6 Å². The number of hydrogen-bond donors (Lipinski definition) is 0. The summed E-state index contributed by atoms with van der Waals surface area (Å²) >= 11 is 0. The van der Waals surface area contributed by atoms with Crippen LogP contribution >= 0.6 is 0 Å². The van der Waals surface area contributed by atoms with Crippen molar-refractivity contribution in [2.24, 2.45) is 0 Å². The molecule has 2 amide bonds. The molecule has 2 aromatic rings. The van der Waals surface area contributed by atoms with Crippen LogP contribution in [-0.2, 0) is 26.3 Å². The molecule has 0 spiro atoms. The Morgan fingerprint density at radius 2 is 1.79 bits per heavy atom. The van der Waals surface area contributed by atoms with Crippen molar-refractivity contribution in [3.8, 4) is 5.75 Å². The Morgan fingerprint density at radius 3 is 2.36 bits per heavy atom. The number of carbonyl (C=O) groups excluding carboxylic acids is 2. The van der Waals surface area contributed by atoms with Crippen molar-refractivity contribution >= 4 is 11.8 Å². The van der Waals surface area contributed by atoms with Crippen LogP contribution in [0.15, 0.2) is 66.2 Å². The van der Waals surface area contributed by atoms with Gasteiger partial charge in [-0.1, -0.05) is 48.5 Å². The first-order chi connectivity index (χ1) is 16.1. The molecule has 2 unspecified atom stereocenters. The summed E-state index contributed by atoms with van der Waals surface area (Å²) < 4.78 is 10.8. The lowest BCUT2D eigenvalue weighted by molar-refractivity contribution is -0.168. The SMILES string of the molecule is COc1ccc(CN2C(=O)C(OC)C2C2=CCN(C(=O)C3(c4ccccc4)CC3)CC2)cc1. The number of ether oxygens (including phenoxy) is 2. The molecule has 2 aliphatic heterocycles. The zero-order valence-electron chi connectivity index (χ0n) is 19.2. The van der Waals surface area contributed by atoms with E-state index in [1.54, 1.807) is 14.2 Å². The number of likely N-dealkylation sites (tertiary alicyclic amines) is 1. The van der Waals surface area contributed by atoms with E-state index < -0.39 is 6.10 Å². The van der Waals surface area contributed by atoms with Gasteiger partial charge in [0.2, 0.25) is 5.91 Å². The first kappa shape index (κ1) is 21.7. The van der Waals surface area contributed by atoms with Gasteiger partial charge in [0.15, 0.2) is 6.10 Å². The van der Waals surface area contributed by atoms with E-state index in [2.05, 4.69) is 18.2 Å². The van der Waals surface area contributed by atoms with Gasteiger partial charge >= 0.3 is 0 Å². The van der Waals surface area contributed by atoms with Gasteiger partial charge in [-0.05, 0) is 48.1 Å². The van der Waals surface area contributed by atoms with Gasteiger partial charge < -0.3 is 19.3 Å². The summed E-state index contributed by atoms with van der Waals surface area (Å²) in [6, 6.07) is 17.8. The number of benzene rings is 2. The van der Waals surface area contributed by atoms with Gasteiger partial charge in [0, 0.05) is 26.7 Å². The lowest BCUT2D eigenvalue weighted by atomic mass is 9.86. The van der Waals surface area contributed by atoms with Gasteiger partial charge in [-0.25, -0.2) is 0 Å². The third-order valence-corrected chi connectivity index (χ3v) is 7.31. The molecule has 0 aromatic heterocycles. The summed E-state index contributed by atoms with van der Waals surface area (Å²) in [6.45, 7) is 1.79. The Kier molecular flexibility index (Phi) is 5.71. The fourth-order valence-electron chi connectivity index (χ4n) is 5.19. The van der Waals surface area contributed by atoms with Crippen LogP contribution in [0.1, 0.15) is 30.4 Å². The van der Waals surface area contributed by atoms with E-state index in [0.717, 1.165) is 36.1 Å². The molecule has 0 bridgehead atoms. The highest BCUT2D eigenvalue weighted by Gasteiger charge is 2.54. The summed E-state index contributed by atoms with van der Waals surface area (Å²) in [4.78, 5) is 29.9. The number of carbonyl (C=O) groups is 2. The van der Waals surface area contributed by atoms with E-state index in [9.17, 15) is 9.59 Å². The normalized spacial score (nSPS) is 23.6. The molecule has 2 aromatic carbocycles. The van der Waals surface area contributed by atoms with Crippen LogP contribution in [0.3, 0.4) is 0 Å². The molecule has 0 radical (unpaired) electrons. The second kappa shape index (κ2) is 8.67. The Bertz CT molecular complexity index is 1060. The van der Waals surface area contributed by atoms with Gasteiger partial charge in [0.05, 0.1) is 18.6 Å². The molecule has 3 aliphatic rings. The van der Waals surface area contributed by atoms with Crippen LogP contribution in [0.2, 0.25) is 0 Å². The fraction of sp³-hybridized carbons (Fsp3) is 0.407. The number of rotatable bonds is 7. The summed E-state index contributed by atoms with van der Waals surface area (Å²) in [5.41, 5.74) is 3.02. The zero-order valence-corrected chi connectivity index (χ0v) is 19.2. The van der Waals surface area contributed by atoms with E-state index in [1.165, 1.54) is 5.57 Å². The number of nitrogens with zero attached hydrogens (tertiary/aromatic N) is 2. The van der Waals surface area contributed by atoms with Crippen molar-refractivity contribution in [3.05, 3.63) is 77.4 Å². The van der Waals surface area contributed by atoms with E-state index in [4.69, 9.17) is 9.47 Å². The molecule has 1 saturated heterocycles. The maximum atomic E-state index is 13.4. The highest BCUT2D eigenvalue weighted by atomic mass is 16.5. The Balaban J connectivity index is 1.28. The number of amides is 2. The smallest absolute Gasteiger partial charge is 0.255 e. The van der Waals surface area contributed by atoms with Gasteiger partial charge in [-0.2, -0.15) is 0 Å². The van der Waals surface area contributed by atoms with Gasteiger partial charge in [0.25, 0.3) is 5.91 Å². The molecule has 6 nitrogen and oxygen atoms in total. The minimum Gasteiger partial charge on any atom is -0.497 e. The predicted octanol–water partition coefficient (Wildman–Crippen LogP) is 3.31. The maximum absolute atomic E-state index is 13.4. The highest BCUT2D eigenvalue weighted by molar-refractivity contribution is 5.92. The lowest BCUT2D eigenvalue weighted by Crippen LogP contribution is -2.66. The number of hydrogen-bond acceptors (Lipinski definition) is 4. The van der Waals surface area contributed by atoms with Crippen LogP contribution in [-0.4, -0.2) is 61.1 Å². The predicted molar refractivity (Wildman–Crippen MR) is 125 cm³/mol. The van der Waals surface area contributed by atoms with Gasteiger partial charge in [0.1, 0.15) is 5.75 Å². The molecule has 0 N–H and O–H groups in total. The second-order valence-corrected chi connectivity index (χ2v) is 9.14. The van der Waals surface area contributed by atoms with Gasteiger partial charge in [-0.15, -0.1) is 0 Å². The maximum Gasteiger partial charge on any atom is 0.255 e. The number of β-lactam (4-membered cyclic amide) rings is 1. The third-order valence-electron chi connectivity index (χ3n) is 7.31. The minimum atomic E-state index is -0.448. The molecule has 2 heterocycles. The van der Waals surface area contributed by atoms with Crippen molar-refractivity contribution in [2.45, 2.75) is 43.4 Å². The van der Waals surface area contributed by atoms with Crippen molar-refractivity contribution < 1.29 is 19.1 Å². The van der Waals surface area contributed by atoms with Crippen molar-refractivity contribution in [3.63, 3.8) is 0 Å². The van der Waals surface area contributed by atoms with E-state index in [1.807, 2.05) is 52.3 Å². The molecule has 33 heavy (non-hydrogen) atoms. The van der Waals surface area contributed by atoms with E-state index >= 15 is 0 Å². The topological polar surface area (TPSA) is 59.1 Å².